The minimum atomic E-state index is -3.54. The fraction of sp³-hybridized carbons (Fsp3) is 0.500. The van der Waals surface area contributed by atoms with Gasteiger partial charge in [-0.05, 0) is 45.3 Å². The molecule has 1 aromatic carbocycles. The monoisotopic (exact) mass is 404 g/mol. The van der Waals surface area contributed by atoms with Crippen LogP contribution in [0.2, 0.25) is 0 Å². The molecule has 1 unspecified atom stereocenters. The van der Waals surface area contributed by atoms with Crippen LogP contribution in [0.1, 0.15) is 55.6 Å². The van der Waals surface area contributed by atoms with Crippen LogP contribution in [0.5, 0.6) is 0 Å². The fourth-order valence-electron chi connectivity index (χ4n) is 3.57. The maximum absolute atomic E-state index is 12.8. The van der Waals surface area contributed by atoms with Crippen LogP contribution in [0, 0.1) is 6.92 Å². The van der Waals surface area contributed by atoms with Gasteiger partial charge in [0.25, 0.3) is 0 Å². The largest absolute Gasteiger partial charge is 0.345 e. The van der Waals surface area contributed by atoms with Gasteiger partial charge < -0.3 is 0 Å². The van der Waals surface area contributed by atoms with Gasteiger partial charge in [-0.15, -0.1) is 0 Å². The van der Waals surface area contributed by atoms with E-state index in [4.69, 9.17) is 0 Å². The lowest BCUT2D eigenvalue weighted by Gasteiger charge is -2.31. The molecule has 0 amide bonds. The Morgan fingerprint density at radius 2 is 1.89 bits per heavy atom. The average molecular weight is 405 g/mol. The van der Waals surface area contributed by atoms with E-state index in [1.54, 1.807) is 17.7 Å². The summed E-state index contributed by atoms with van der Waals surface area (Å²) >= 11 is 0. The maximum Gasteiger partial charge on any atom is 0.345 e. The number of piperidine rings is 1. The summed E-state index contributed by atoms with van der Waals surface area (Å²) in [5.41, 5.74) is 1.82. The second-order valence-electron chi connectivity index (χ2n) is 7.68. The molecule has 0 bridgehead atoms. The standard InChI is InChI=1S/C20H28N4O3S/c1-15(2)24-19(21-22(4)20(24)25)18-6-5-12-23(14-18)28(26,27)13-11-17-9-7-16(3)8-10-17/h7-11,13,15,18H,5-6,12,14H2,1-4H3/b13-11+. The van der Waals surface area contributed by atoms with Crippen LogP contribution >= 0.6 is 0 Å². The Morgan fingerprint density at radius 1 is 1.21 bits per heavy atom. The van der Waals surface area contributed by atoms with Gasteiger partial charge in [0.05, 0.1) is 0 Å². The summed E-state index contributed by atoms with van der Waals surface area (Å²) in [6, 6.07) is 7.68. The zero-order chi connectivity index (χ0) is 20.5. The first-order valence-corrected chi connectivity index (χ1v) is 11.1. The number of nitrogens with zero attached hydrogens (tertiary/aromatic N) is 4. The number of hydrogen-bond donors (Lipinski definition) is 0. The molecule has 0 saturated carbocycles. The van der Waals surface area contributed by atoms with Crippen molar-refractivity contribution in [2.75, 3.05) is 13.1 Å². The van der Waals surface area contributed by atoms with Gasteiger partial charge in [0.1, 0.15) is 5.82 Å². The molecule has 0 aliphatic carbocycles. The minimum Gasteiger partial charge on any atom is -0.276 e. The van der Waals surface area contributed by atoms with E-state index < -0.39 is 10.0 Å². The van der Waals surface area contributed by atoms with Crippen LogP contribution in [0.3, 0.4) is 0 Å². The average Bonchev–Trinajstić information content (AvgIpc) is 2.96. The van der Waals surface area contributed by atoms with Crippen molar-refractivity contribution in [3.63, 3.8) is 0 Å². The zero-order valence-electron chi connectivity index (χ0n) is 16.9. The molecule has 1 fully saturated rings. The number of hydrogen-bond acceptors (Lipinski definition) is 4. The van der Waals surface area contributed by atoms with E-state index in [1.807, 2.05) is 45.0 Å². The van der Waals surface area contributed by atoms with Gasteiger partial charge in [-0.1, -0.05) is 29.8 Å². The molecule has 1 aromatic heterocycles. The Kier molecular flexibility index (Phi) is 5.90. The Balaban J connectivity index is 1.82. The van der Waals surface area contributed by atoms with Crippen molar-refractivity contribution < 1.29 is 8.42 Å². The molecule has 8 heteroatoms. The molecule has 0 radical (unpaired) electrons. The van der Waals surface area contributed by atoms with Crippen LogP contribution in [-0.4, -0.2) is 40.2 Å². The van der Waals surface area contributed by atoms with Crippen LogP contribution in [0.4, 0.5) is 0 Å². The van der Waals surface area contributed by atoms with Gasteiger partial charge in [0.15, 0.2) is 0 Å². The molecule has 1 saturated heterocycles. The van der Waals surface area contributed by atoms with E-state index in [1.165, 1.54) is 14.4 Å². The molecule has 3 rings (SSSR count). The maximum atomic E-state index is 12.8. The van der Waals surface area contributed by atoms with E-state index in [0.717, 1.165) is 24.0 Å². The molecule has 2 heterocycles. The molecule has 152 valence electrons. The predicted octanol–water partition coefficient (Wildman–Crippen LogP) is 2.65. The number of rotatable bonds is 5. The molecule has 1 atom stereocenters. The molecule has 7 nitrogen and oxygen atoms in total. The molecule has 1 aliphatic rings. The first-order chi connectivity index (χ1) is 13.2. The lowest BCUT2D eigenvalue weighted by molar-refractivity contribution is 0.304. The normalized spacial score (nSPS) is 19.0. The molecular formula is C20H28N4O3S. The van der Waals surface area contributed by atoms with Crippen LogP contribution in [0.25, 0.3) is 6.08 Å². The fourth-order valence-corrected chi connectivity index (χ4v) is 4.85. The third-order valence-corrected chi connectivity index (χ3v) is 6.65. The van der Waals surface area contributed by atoms with E-state index in [-0.39, 0.29) is 17.6 Å². The third kappa shape index (κ3) is 4.28. The minimum absolute atomic E-state index is 0.0235. The summed E-state index contributed by atoms with van der Waals surface area (Å²) in [6.07, 6.45) is 3.19. The van der Waals surface area contributed by atoms with Crippen molar-refractivity contribution in [3.8, 4) is 0 Å². The Morgan fingerprint density at radius 3 is 2.54 bits per heavy atom. The number of sulfonamides is 1. The van der Waals surface area contributed by atoms with Crippen molar-refractivity contribution in [2.45, 2.75) is 45.6 Å². The van der Waals surface area contributed by atoms with E-state index >= 15 is 0 Å². The molecule has 1 aliphatic heterocycles. The Bertz CT molecular complexity index is 1020. The molecule has 0 spiro atoms. The van der Waals surface area contributed by atoms with Crippen molar-refractivity contribution in [2.24, 2.45) is 7.05 Å². The summed E-state index contributed by atoms with van der Waals surface area (Å²) in [4.78, 5) is 12.4. The molecule has 0 N–H and O–H groups in total. The first-order valence-electron chi connectivity index (χ1n) is 9.59. The predicted molar refractivity (Wildman–Crippen MR) is 111 cm³/mol. The second kappa shape index (κ2) is 8.05. The van der Waals surface area contributed by atoms with Gasteiger partial charge in [0.2, 0.25) is 10.0 Å². The number of aryl methyl sites for hydroxylation is 2. The summed E-state index contributed by atoms with van der Waals surface area (Å²) in [7, 11) is -1.91. The van der Waals surface area contributed by atoms with Crippen molar-refractivity contribution in [1.29, 1.82) is 0 Å². The highest BCUT2D eigenvalue weighted by Gasteiger charge is 2.32. The van der Waals surface area contributed by atoms with Crippen LogP contribution < -0.4 is 5.69 Å². The zero-order valence-corrected chi connectivity index (χ0v) is 17.7. The highest BCUT2D eigenvalue weighted by Crippen LogP contribution is 2.28. The SMILES string of the molecule is Cc1ccc(/C=C/S(=O)(=O)N2CCCC(c3nn(C)c(=O)n3C(C)C)C2)cc1. The van der Waals surface area contributed by atoms with E-state index in [0.29, 0.717) is 18.9 Å². The van der Waals surface area contributed by atoms with E-state index in [2.05, 4.69) is 5.10 Å². The molecule has 28 heavy (non-hydrogen) atoms. The van der Waals surface area contributed by atoms with Crippen molar-refractivity contribution >= 4 is 16.1 Å². The first kappa shape index (κ1) is 20.5. The van der Waals surface area contributed by atoms with Crippen LogP contribution in [0.15, 0.2) is 34.5 Å². The highest BCUT2D eigenvalue weighted by molar-refractivity contribution is 7.92. The number of benzene rings is 1. The Labute approximate surface area is 166 Å². The smallest absolute Gasteiger partial charge is 0.276 e. The van der Waals surface area contributed by atoms with Gasteiger partial charge in [0, 0.05) is 37.5 Å². The summed E-state index contributed by atoms with van der Waals surface area (Å²) in [5.74, 6) is 0.581. The molecular weight excluding hydrogens is 376 g/mol. The highest BCUT2D eigenvalue weighted by atomic mass is 32.2. The van der Waals surface area contributed by atoms with Gasteiger partial charge in [-0.25, -0.2) is 17.9 Å². The second-order valence-corrected chi connectivity index (χ2v) is 9.50. The van der Waals surface area contributed by atoms with E-state index in [9.17, 15) is 13.2 Å². The lowest BCUT2D eigenvalue weighted by Crippen LogP contribution is -2.39. The Hall–Kier alpha value is -2.19. The summed E-state index contributed by atoms with van der Waals surface area (Å²) in [6.45, 7) is 6.69. The summed E-state index contributed by atoms with van der Waals surface area (Å²) < 4.78 is 30.2. The van der Waals surface area contributed by atoms with Gasteiger partial charge >= 0.3 is 5.69 Å². The third-order valence-electron chi connectivity index (χ3n) is 5.12. The quantitative estimate of drug-likeness (QED) is 0.768. The topological polar surface area (TPSA) is 77.2 Å². The summed E-state index contributed by atoms with van der Waals surface area (Å²) in [5, 5.41) is 5.67. The van der Waals surface area contributed by atoms with Gasteiger partial charge in [-0.2, -0.15) is 9.40 Å². The lowest BCUT2D eigenvalue weighted by atomic mass is 9.98. The van der Waals surface area contributed by atoms with Crippen molar-refractivity contribution in [3.05, 3.63) is 57.1 Å². The van der Waals surface area contributed by atoms with Crippen molar-refractivity contribution in [1.82, 2.24) is 18.7 Å². The molecule has 2 aromatic rings. The van der Waals surface area contributed by atoms with Crippen LogP contribution in [-0.2, 0) is 17.1 Å². The van der Waals surface area contributed by atoms with Gasteiger partial charge in [-0.3, -0.25) is 4.57 Å². The number of aromatic nitrogens is 3.